The van der Waals surface area contributed by atoms with Crippen LogP contribution in [0.2, 0.25) is 0 Å². The van der Waals surface area contributed by atoms with Gasteiger partial charge in [0.15, 0.2) is 5.82 Å². The van der Waals surface area contributed by atoms with E-state index in [2.05, 4.69) is 29.1 Å². The van der Waals surface area contributed by atoms with E-state index in [9.17, 15) is 4.39 Å². The van der Waals surface area contributed by atoms with Crippen LogP contribution in [0.3, 0.4) is 0 Å². The van der Waals surface area contributed by atoms with Crippen LogP contribution in [0.1, 0.15) is 33.1 Å². The number of hydrogen-bond acceptors (Lipinski definition) is 3. The van der Waals surface area contributed by atoms with Crippen LogP contribution >= 0.6 is 0 Å². The molecule has 0 aliphatic heterocycles. The lowest BCUT2D eigenvalue weighted by Crippen LogP contribution is -2.16. The Kier molecular flexibility index (Phi) is 4.29. The zero-order valence-corrected chi connectivity index (χ0v) is 8.63. The highest BCUT2D eigenvalue weighted by Crippen LogP contribution is 2.05. The summed E-state index contributed by atoms with van der Waals surface area (Å²) in [7, 11) is 0. The maximum atomic E-state index is 12.5. The smallest absolute Gasteiger partial charge is 0.222 e. The first-order chi connectivity index (χ1) is 6.72. The van der Waals surface area contributed by atoms with Gasteiger partial charge in [-0.2, -0.15) is 0 Å². The van der Waals surface area contributed by atoms with Gasteiger partial charge in [-0.25, -0.2) is 14.4 Å². The number of anilines is 1. The van der Waals surface area contributed by atoms with Crippen molar-refractivity contribution in [1.82, 2.24) is 9.97 Å². The lowest BCUT2D eigenvalue weighted by Gasteiger charge is -2.12. The summed E-state index contributed by atoms with van der Waals surface area (Å²) < 4.78 is 12.5. The van der Waals surface area contributed by atoms with E-state index in [1.165, 1.54) is 25.2 Å². The fraction of sp³-hybridized carbons (Fsp3) is 0.600. The van der Waals surface area contributed by atoms with Crippen LogP contribution in [-0.4, -0.2) is 16.0 Å². The van der Waals surface area contributed by atoms with Gasteiger partial charge in [0.2, 0.25) is 5.95 Å². The molecule has 78 valence electrons. The van der Waals surface area contributed by atoms with Gasteiger partial charge in [0.25, 0.3) is 0 Å². The molecule has 0 aromatic carbocycles. The van der Waals surface area contributed by atoms with Gasteiger partial charge in [0.1, 0.15) is 0 Å². The third-order valence-electron chi connectivity index (χ3n) is 1.99. The van der Waals surface area contributed by atoms with Gasteiger partial charge in [-0.1, -0.05) is 19.8 Å². The Morgan fingerprint density at radius 2 is 2.07 bits per heavy atom. The van der Waals surface area contributed by atoms with Crippen molar-refractivity contribution in [2.24, 2.45) is 0 Å². The predicted molar refractivity (Wildman–Crippen MR) is 54.6 cm³/mol. The summed E-state index contributed by atoms with van der Waals surface area (Å²) in [6.07, 6.45) is 5.77. The third kappa shape index (κ3) is 3.68. The van der Waals surface area contributed by atoms with Crippen LogP contribution in [-0.2, 0) is 0 Å². The highest BCUT2D eigenvalue weighted by molar-refractivity contribution is 5.23. The maximum Gasteiger partial charge on any atom is 0.222 e. The second-order valence-corrected chi connectivity index (χ2v) is 3.41. The summed E-state index contributed by atoms with van der Waals surface area (Å²) in [5.74, 6) is 0.0896. The first-order valence-corrected chi connectivity index (χ1v) is 4.96. The second-order valence-electron chi connectivity index (χ2n) is 3.41. The van der Waals surface area contributed by atoms with Crippen molar-refractivity contribution in [3.05, 3.63) is 18.2 Å². The Morgan fingerprint density at radius 3 is 2.64 bits per heavy atom. The van der Waals surface area contributed by atoms with E-state index in [4.69, 9.17) is 0 Å². The summed E-state index contributed by atoms with van der Waals surface area (Å²) in [5.41, 5.74) is 0. The van der Waals surface area contributed by atoms with E-state index in [-0.39, 0.29) is 0 Å². The highest BCUT2D eigenvalue weighted by Gasteiger charge is 2.02. The van der Waals surface area contributed by atoms with Crippen molar-refractivity contribution < 1.29 is 4.39 Å². The molecule has 1 aromatic rings. The number of rotatable bonds is 5. The quantitative estimate of drug-likeness (QED) is 0.788. The fourth-order valence-corrected chi connectivity index (χ4v) is 1.19. The molecule has 0 aliphatic carbocycles. The van der Waals surface area contributed by atoms with Crippen LogP contribution in [0, 0.1) is 5.82 Å². The van der Waals surface area contributed by atoms with Crippen LogP contribution in [0.5, 0.6) is 0 Å². The summed E-state index contributed by atoms with van der Waals surface area (Å²) in [6, 6.07) is 0.334. The number of halogens is 1. The largest absolute Gasteiger partial charge is 0.352 e. The molecule has 0 spiro atoms. The van der Waals surface area contributed by atoms with Gasteiger partial charge in [-0.05, 0) is 13.3 Å². The van der Waals surface area contributed by atoms with Gasteiger partial charge in [-0.3, -0.25) is 0 Å². The van der Waals surface area contributed by atoms with E-state index in [1.807, 2.05) is 0 Å². The number of hydrogen-bond donors (Lipinski definition) is 1. The molecule has 1 atom stereocenters. The Morgan fingerprint density at radius 1 is 1.43 bits per heavy atom. The summed E-state index contributed by atoms with van der Waals surface area (Å²) in [4.78, 5) is 7.66. The molecule has 0 aliphatic rings. The molecule has 0 fully saturated rings. The zero-order valence-electron chi connectivity index (χ0n) is 8.63. The molecule has 3 nitrogen and oxygen atoms in total. The first kappa shape index (κ1) is 10.9. The van der Waals surface area contributed by atoms with Gasteiger partial charge >= 0.3 is 0 Å². The van der Waals surface area contributed by atoms with Crippen molar-refractivity contribution in [2.45, 2.75) is 39.2 Å². The number of nitrogens with one attached hydrogen (secondary N) is 1. The van der Waals surface area contributed by atoms with Crippen LogP contribution in [0.15, 0.2) is 12.4 Å². The Labute approximate surface area is 83.8 Å². The number of nitrogens with zero attached hydrogens (tertiary/aromatic N) is 2. The van der Waals surface area contributed by atoms with E-state index in [1.54, 1.807) is 0 Å². The average Bonchev–Trinajstić information content (AvgIpc) is 2.18. The van der Waals surface area contributed by atoms with Crippen molar-refractivity contribution in [3.8, 4) is 0 Å². The molecule has 0 saturated carbocycles. The Hall–Kier alpha value is -1.19. The summed E-state index contributed by atoms with van der Waals surface area (Å²) in [6.45, 7) is 4.23. The first-order valence-electron chi connectivity index (χ1n) is 4.96. The normalized spacial score (nSPS) is 12.5. The molecule has 4 heteroatoms. The van der Waals surface area contributed by atoms with Crippen molar-refractivity contribution >= 4 is 5.95 Å². The molecule has 1 N–H and O–H groups in total. The minimum Gasteiger partial charge on any atom is -0.352 e. The number of unbranched alkanes of at least 4 members (excludes halogenated alkanes) is 1. The second kappa shape index (κ2) is 5.52. The molecule has 1 heterocycles. The van der Waals surface area contributed by atoms with Gasteiger partial charge in [0.05, 0.1) is 12.4 Å². The van der Waals surface area contributed by atoms with Crippen molar-refractivity contribution in [2.75, 3.05) is 5.32 Å². The van der Waals surface area contributed by atoms with Crippen LogP contribution < -0.4 is 5.32 Å². The standard InChI is InChI=1S/C10H16FN3/c1-3-4-5-8(2)14-10-12-6-9(11)7-13-10/h6-8H,3-5H2,1-2H3,(H,12,13,14). The molecule has 1 aromatic heterocycles. The Bertz CT molecular complexity index is 261. The fourth-order valence-electron chi connectivity index (χ4n) is 1.19. The zero-order chi connectivity index (χ0) is 10.4. The lowest BCUT2D eigenvalue weighted by molar-refractivity contribution is 0.609. The SMILES string of the molecule is CCCCC(C)Nc1ncc(F)cn1. The molecule has 1 rings (SSSR count). The molecule has 0 saturated heterocycles. The molecule has 0 radical (unpaired) electrons. The maximum absolute atomic E-state index is 12.5. The van der Waals surface area contributed by atoms with Crippen LogP contribution in [0.25, 0.3) is 0 Å². The van der Waals surface area contributed by atoms with Gasteiger partial charge < -0.3 is 5.32 Å². The molecule has 0 amide bonds. The summed E-state index contributed by atoms with van der Waals surface area (Å²) in [5, 5.41) is 3.12. The van der Waals surface area contributed by atoms with Gasteiger partial charge in [-0.15, -0.1) is 0 Å². The molecular weight excluding hydrogens is 181 g/mol. The number of aromatic nitrogens is 2. The topological polar surface area (TPSA) is 37.8 Å². The van der Waals surface area contributed by atoms with E-state index >= 15 is 0 Å². The molecule has 14 heavy (non-hydrogen) atoms. The van der Waals surface area contributed by atoms with E-state index < -0.39 is 5.82 Å². The van der Waals surface area contributed by atoms with Gasteiger partial charge in [0, 0.05) is 6.04 Å². The minimum atomic E-state index is -0.406. The minimum absolute atomic E-state index is 0.334. The predicted octanol–water partition coefficient (Wildman–Crippen LogP) is 2.61. The highest BCUT2D eigenvalue weighted by atomic mass is 19.1. The average molecular weight is 197 g/mol. The van der Waals surface area contributed by atoms with E-state index in [0.717, 1.165) is 6.42 Å². The van der Waals surface area contributed by atoms with E-state index in [0.29, 0.717) is 12.0 Å². The van der Waals surface area contributed by atoms with Crippen molar-refractivity contribution in [3.63, 3.8) is 0 Å². The molecule has 1 unspecified atom stereocenters. The summed E-state index contributed by atoms with van der Waals surface area (Å²) >= 11 is 0. The van der Waals surface area contributed by atoms with Crippen molar-refractivity contribution in [1.29, 1.82) is 0 Å². The van der Waals surface area contributed by atoms with Crippen LogP contribution in [0.4, 0.5) is 10.3 Å². The molecular formula is C10H16FN3. The molecule has 0 bridgehead atoms. The lowest BCUT2D eigenvalue weighted by atomic mass is 10.1. The monoisotopic (exact) mass is 197 g/mol. The Balaban J connectivity index is 2.39. The third-order valence-corrected chi connectivity index (χ3v) is 1.99.